The van der Waals surface area contributed by atoms with E-state index in [0.29, 0.717) is 10.4 Å². The summed E-state index contributed by atoms with van der Waals surface area (Å²) in [5, 5.41) is 9.32. The van der Waals surface area contributed by atoms with Gasteiger partial charge in [0.25, 0.3) is 11.5 Å². The monoisotopic (exact) mass is 338 g/mol. The first kappa shape index (κ1) is 16.6. The fourth-order valence-corrected chi connectivity index (χ4v) is 3.11. The maximum absolute atomic E-state index is 12.5. The summed E-state index contributed by atoms with van der Waals surface area (Å²) in [6.07, 6.45) is 0. The van der Waals surface area contributed by atoms with Gasteiger partial charge in [0, 0.05) is 6.92 Å². The molecule has 0 aromatic carbocycles. The summed E-state index contributed by atoms with van der Waals surface area (Å²) in [7, 11) is 0. The highest BCUT2D eigenvalue weighted by atomic mass is 32.1. The Morgan fingerprint density at radius 2 is 1.91 bits per heavy atom. The Bertz CT molecular complexity index is 883. The third-order valence-electron chi connectivity index (χ3n) is 3.12. The Balaban J connectivity index is 2.47. The van der Waals surface area contributed by atoms with Crippen LogP contribution in [0.2, 0.25) is 0 Å². The number of carbonyl (C=O) groups is 3. The van der Waals surface area contributed by atoms with Crippen molar-refractivity contribution in [3.05, 3.63) is 26.6 Å². The van der Waals surface area contributed by atoms with Crippen LogP contribution in [0.4, 0.5) is 0 Å². The van der Waals surface area contributed by atoms with E-state index in [-0.39, 0.29) is 22.6 Å². The van der Waals surface area contributed by atoms with Gasteiger partial charge < -0.3 is 5.11 Å². The third-order valence-corrected chi connectivity index (χ3v) is 4.29. The number of nitrogens with one attached hydrogen (secondary N) is 2. The second-order valence-corrected chi connectivity index (χ2v) is 5.82. The van der Waals surface area contributed by atoms with Gasteiger partial charge in [0.15, 0.2) is 0 Å². The van der Waals surface area contributed by atoms with E-state index < -0.39 is 23.3 Å². The van der Waals surface area contributed by atoms with Crippen molar-refractivity contribution >= 4 is 39.3 Å². The zero-order valence-electron chi connectivity index (χ0n) is 12.6. The summed E-state index contributed by atoms with van der Waals surface area (Å²) >= 11 is 0.921. The fraction of sp³-hybridized carbons (Fsp3) is 0.308. The molecule has 2 aromatic heterocycles. The number of hydrogen-bond donors (Lipinski definition) is 3. The van der Waals surface area contributed by atoms with Gasteiger partial charge in [0.1, 0.15) is 22.1 Å². The molecule has 0 fully saturated rings. The van der Waals surface area contributed by atoms with E-state index in [1.165, 1.54) is 13.8 Å². The maximum Gasteiger partial charge on any atom is 0.346 e. The Kier molecular flexibility index (Phi) is 4.45. The Morgan fingerprint density at radius 1 is 1.26 bits per heavy atom. The lowest BCUT2D eigenvalue weighted by molar-refractivity contribution is -0.128. The lowest BCUT2D eigenvalue weighted by Crippen LogP contribution is -2.43. The second-order valence-electron chi connectivity index (χ2n) is 4.82. The van der Waals surface area contributed by atoms with E-state index in [1.54, 1.807) is 6.92 Å². The molecule has 0 saturated heterocycles. The first-order valence-electron chi connectivity index (χ1n) is 6.51. The van der Waals surface area contributed by atoms with Crippen LogP contribution in [0, 0.1) is 13.8 Å². The fourth-order valence-electron chi connectivity index (χ4n) is 2.05. The SMILES string of the molecule is CC(=O)NNC(=O)Cn1c(C)nc2sc(C(=O)O)c(C)c2c1=O. The minimum Gasteiger partial charge on any atom is -0.477 e. The largest absolute Gasteiger partial charge is 0.477 e. The van der Waals surface area contributed by atoms with Gasteiger partial charge in [-0.25, -0.2) is 9.78 Å². The molecule has 9 nitrogen and oxygen atoms in total. The third kappa shape index (κ3) is 3.21. The van der Waals surface area contributed by atoms with Crippen LogP contribution in [0.15, 0.2) is 4.79 Å². The number of hydrogen-bond acceptors (Lipinski definition) is 6. The van der Waals surface area contributed by atoms with Crippen LogP contribution in [-0.4, -0.2) is 32.4 Å². The van der Waals surface area contributed by atoms with E-state index >= 15 is 0 Å². The number of thiophene rings is 1. The minimum atomic E-state index is -1.13. The second kappa shape index (κ2) is 6.16. The lowest BCUT2D eigenvalue weighted by atomic mass is 10.2. The number of nitrogens with zero attached hydrogens (tertiary/aromatic N) is 2. The number of carboxylic acid groups (broad SMARTS) is 1. The van der Waals surface area contributed by atoms with Gasteiger partial charge in [0.05, 0.1) is 5.39 Å². The van der Waals surface area contributed by atoms with Gasteiger partial charge >= 0.3 is 5.97 Å². The topological polar surface area (TPSA) is 130 Å². The number of fused-ring (bicyclic) bond motifs is 1. The van der Waals surface area contributed by atoms with Crippen LogP contribution >= 0.6 is 11.3 Å². The van der Waals surface area contributed by atoms with Gasteiger partial charge in [-0.15, -0.1) is 11.3 Å². The molecule has 0 unspecified atom stereocenters. The zero-order valence-corrected chi connectivity index (χ0v) is 13.4. The summed E-state index contributed by atoms with van der Waals surface area (Å²) in [6, 6.07) is 0. The number of carbonyl (C=O) groups excluding carboxylic acids is 2. The van der Waals surface area contributed by atoms with Crippen molar-refractivity contribution in [1.29, 1.82) is 0 Å². The van der Waals surface area contributed by atoms with Crippen molar-refractivity contribution < 1.29 is 19.5 Å². The predicted molar refractivity (Wildman–Crippen MR) is 82.3 cm³/mol. The molecule has 2 amide bonds. The van der Waals surface area contributed by atoms with Crippen molar-refractivity contribution in [2.75, 3.05) is 0 Å². The average Bonchev–Trinajstić information content (AvgIpc) is 2.78. The molecule has 0 aliphatic rings. The van der Waals surface area contributed by atoms with E-state index in [1.807, 2.05) is 0 Å². The maximum atomic E-state index is 12.5. The molecule has 2 heterocycles. The summed E-state index contributed by atoms with van der Waals surface area (Å²) in [6.45, 7) is 3.96. The summed E-state index contributed by atoms with van der Waals surface area (Å²) < 4.78 is 1.13. The number of aromatic carboxylic acids is 1. The summed E-state index contributed by atoms with van der Waals surface area (Å²) in [5.74, 6) is -1.90. The highest BCUT2D eigenvalue weighted by Crippen LogP contribution is 2.27. The highest BCUT2D eigenvalue weighted by Gasteiger charge is 2.20. The first-order valence-corrected chi connectivity index (χ1v) is 7.33. The van der Waals surface area contributed by atoms with Crippen LogP contribution in [0.25, 0.3) is 10.2 Å². The molecule has 0 saturated carbocycles. The number of hydrazine groups is 1. The molecule has 0 spiro atoms. The van der Waals surface area contributed by atoms with E-state index in [0.717, 1.165) is 15.9 Å². The number of amides is 2. The number of aryl methyl sites for hydroxylation is 2. The normalized spacial score (nSPS) is 10.6. The van der Waals surface area contributed by atoms with Crippen LogP contribution in [0.5, 0.6) is 0 Å². The molecule has 0 aliphatic heterocycles. The average molecular weight is 338 g/mol. The number of carboxylic acids is 1. The lowest BCUT2D eigenvalue weighted by Gasteiger charge is -2.10. The summed E-state index contributed by atoms with van der Waals surface area (Å²) in [5.41, 5.74) is 4.11. The van der Waals surface area contributed by atoms with E-state index in [2.05, 4.69) is 15.8 Å². The molecule has 3 N–H and O–H groups in total. The molecule has 0 aliphatic carbocycles. The Labute approximate surface area is 133 Å². The molecule has 122 valence electrons. The van der Waals surface area contributed by atoms with Crippen molar-refractivity contribution in [1.82, 2.24) is 20.4 Å². The van der Waals surface area contributed by atoms with Crippen molar-refractivity contribution in [3.63, 3.8) is 0 Å². The smallest absolute Gasteiger partial charge is 0.346 e. The predicted octanol–water partition coefficient (Wildman–Crippen LogP) is -0.0597. The van der Waals surface area contributed by atoms with E-state index in [4.69, 9.17) is 5.11 Å². The van der Waals surface area contributed by atoms with Gasteiger partial charge in [0.2, 0.25) is 5.91 Å². The molecule has 2 aromatic rings. The highest BCUT2D eigenvalue weighted by molar-refractivity contribution is 7.20. The number of rotatable bonds is 3. The van der Waals surface area contributed by atoms with E-state index in [9.17, 15) is 19.2 Å². The minimum absolute atomic E-state index is 0.0458. The Hall–Kier alpha value is -2.75. The van der Waals surface area contributed by atoms with Crippen molar-refractivity contribution in [2.24, 2.45) is 0 Å². The van der Waals surface area contributed by atoms with Crippen LogP contribution < -0.4 is 16.4 Å². The molecular weight excluding hydrogens is 324 g/mol. The molecule has 0 bridgehead atoms. The summed E-state index contributed by atoms with van der Waals surface area (Å²) in [4.78, 5) is 50.8. The van der Waals surface area contributed by atoms with Gasteiger partial charge in [-0.2, -0.15) is 0 Å². The standard InChI is InChI=1S/C13H14N4O5S/c1-5-9-11(23-10(5)13(21)22)14-6(2)17(12(9)20)4-8(19)16-15-7(3)18/h4H2,1-3H3,(H,15,18)(H,16,19)(H,21,22). The quantitative estimate of drug-likeness (QED) is 0.672. The molecule has 0 atom stereocenters. The molecule has 10 heteroatoms. The van der Waals surface area contributed by atoms with Crippen molar-refractivity contribution in [3.8, 4) is 0 Å². The molecule has 2 rings (SSSR count). The van der Waals surface area contributed by atoms with Crippen LogP contribution in [0.1, 0.15) is 28.0 Å². The van der Waals surface area contributed by atoms with Gasteiger partial charge in [-0.1, -0.05) is 0 Å². The van der Waals surface area contributed by atoms with Crippen LogP contribution in [0.3, 0.4) is 0 Å². The molecule has 23 heavy (non-hydrogen) atoms. The molecular formula is C13H14N4O5S. The Morgan fingerprint density at radius 3 is 2.48 bits per heavy atom. The van der Waals surface area contributed by atoms with Gasteiger partial charge in [-0.05, 0) is 19.4 Å². The zero-order chi connectivity index (χ0) is 17.3. The van der Waals surface area contributed by atoms with Crippen molar-refractivity contribution in [2.45, 2.75) is 27.3 Å². The number of aromatic nitrogens is 2. The van der Waals surface area contributed by atoms with Crippen LogP contribution in [-0.2, 0) is 16.1 Å². The first-order chi connectivity index (χ1) is 10.7. The van der Waals surface area contributed by atoms with Gasteiger partial charge in [-0.3, -0.25) is 29.8 Å². The molecule has 0 radical (unpaired) electrons.